The number of fused-ring (bicyclic) bond motifs is 1. The zero-order valence-electron chi connectivity index (χ0n) is 14.7. The molecule has 1 amide bonds. The SMILES string of the molecule is CCc1nnsc1C(=O)Nc1cnc(-c2cc3c(cc2C)OC(F)(F)O3)cn1. The minimum absolute atomic E-state index is 0.0343. The molecule has 1 aromatic carbocycles. The van der Waals surface area contributed by atoms with E-state index in [0.29, 0.717) is 33.8 Å². The van der Waals surface area contributed by atoms with Crippen molar-refractivity contribution < 1.29 is 23.0 Å². The summed E-state index contributed by atoms with van der Waals surface area (Å²) in [6.07, 6.45) is -0.280. The van der Waals surface area contributed by atoms with Crippen LogP contribution in [0.5, 0.6) is 11.5 Å². The highest BCUT2D eigenvalue weighted by Crippen LogP contribution is 2.44. The highest BCUT2D eigenvalue weighted by Gasteiger charge is 2.43. The average molecular weight is 405 g/mol. The van der Waals surface area contributed by atoms with Crippen LogP contribution in [-0.2, 0) is 6.42 Å². The maximum atomic E-state index is 13.2. The van der Waals surface area contributed by atoms with Gasteiger partial charge in [0.05, 0.1) is 23.8 Å². The lowest BCUT2D eigenvalue weighted by atomic mass is 10.1. The molecule has 0 spiro atoms. The maximum absolute atomic E-state index is 13.2. The number of hydrogen-bond acceptors (Lipinski definition) is 8. The van der Waals surface area contributed by atoms with Crippen molar-refractivity contribution in [2.24, 2.45) is 0 Å². The van der Waals surface area contributed by atoms with Crippen LogP contribution < -0.4 is 14.8 Å². The van der Waals surface area contributed by atoms with Crippen LogP contribution in [0.3, 0.4) is 0 Å². The summed E-state index contributed by atoms with van der Waals surface area (Å²) in [6, 6.07) is 2.87. The largest absolute Gasteiger partial charge is 0.586 e. The number of rotatable bonds is 4. The second-order valence-corrected chi connectivity index (χ2v) is 6.68. The molecule has 0 radical (unpaired) electrons. The van der Waals surface area contributed by atoms with Crippen molar-refractivity contribution >= 4 is 23.3 Å². The summed E-state index contributed by atoms with van der Waals surface area (Å²) in [4.78, 5) is 21.2. The Morgan fingerprint density at radius 1 is 1.21 bits per heavy atom. The zero-order valence-corrected chi connectivity index (χ0v) is 15.5. The maximum Gasteiger partial charge on any atom is 0.586 e. The molecule has 1 aliphatic rings. The quantitative estimate of drug-likeness (QED) is 0.710. The lowest BCUT2D eigenvalue weighted by Crippen LogP contribution is -2.25. The highest BCUT2D eigenvalue weighted by molar-refractivity contribution is 7.08. The van der Waals surface area contributed by atoms with Gasteiger partial charge in [0, 0.05) is 5.56 Å². The number of hydrogen-bond donors (Lipinski definition) is 1. The fourth-order valence-electron chi connectivity index (χ4n) is 2.69. The van der Waals surface area contributed by atoms with Crippen LogP contribution >= 0.6 is 11.5 Å². The first-order chi connectivity index (χ1) is 13.4. The third-order valence-corrected chi connectivity index (χ3v) is 4.78. The lowest BCUT2D eigenvalue weighted by molar-refractivity contribution is -0.286. The van der Waals surface area contributed by atoms with E-state index in [0.717, 1.165) is 11.5 Å². The molecule has 4 rings (SSSR count). The van der Waals surface area contributed by atoms with E-state index in [1.165, 1.54) is 24.5 Å². The van der Waals surface area contributed by atoms with Gasteiger partial charge in [0.15, 0.2) is 17.3 Å². The molecule has 11 heteroatoms. The number of carbonyl (C=O) groups is 1. The zero-order chi connectivity index (χ0) is 19.9. The van der Waals surface area contributed by atoms with Gasteiger partial charge in [-0.1, -0.05) is 11.4 Å². The molecule has 0 unspecified atom stereocenters. The number of halogens is 2. The van der Waals surface area contributed by atoms with Crippen LogP contribution in [-0.4, -0.2) is 31.8 Å². The van der Waals surface area contributed by atoms with E-state index in [4.69, 9.17) is 0 Å². The Labute approximate surface area is 161 Å². The number of nitrogens with one attached hydrogen (secondary N) is 1. The number of amides is 1. The van der Waals surface area contributed by atoms with Gasteiger partial charge in [-0.25, -0.2) is 4.98 Å². The predicted molar refractivity (Wildman–Crippen MR) is 95.6 cm³/mol. The molecule has 1 N–H and O–H groups in total. The average Bonchev–Trinajstić information content (AvgIpc) is 3.24. The molecule has 2 aromatic heterocycles. The van der Waals surface area contributed by atoms with Gasteiger partial charge in [0.2, 0.25) is 0 Å². The minimum atomic E-state index is -3.68. The number of benzene rings is 1. The molecule has 0 bridgehead atoms. The van der Waals surface area contributed by atoms with Crippen LogP contribution in [0.2, 0.25) is 0 Å². The van der Waals surface area contributed by atoms with Gasteiger partial charge in [0.25, 0.3) is 5.91 Å². The molecule has 0 saturated carbocycles. The Bertz CT molecular complexity index is 1060. The van der Waals surface area contributed by atoms with E-state index in [9.17, 15) is 13.6 Å². The first-order valence-corrected chi connectivity index (χ1v) is 8.99. The molecule has 0 saturated heterocycles. The normalized spacial score (nSPS) is 14.1. The Morgan fingerprint density at radius 3 is 2.64 bits per heavy atom. The topological polar surface area (TPSA) is 99.1 Å². The van der Waals surface area contributed by atoms with Crippen LogP contribution in [0.25, 0.3) is 11.3 Å². The minimum Gasteiger partial charge on any atom is -0.395 e. The molecule has 3 heterocycles. The van der Waals surface area contributed by atoms with E-state index in [-0.39, 0.29) is 23.2 Å². The first-order valence-electron chi connectivity index (χ1n) is 8.22. The number of ether oxygens (including phenoxy) is 2. The number of aromatic nitrogens is 4. The molecule has 8 nitrogen and oxygen atoms in total. The monoisotopic (exact) mass is 405 g/mol. The van der Waals surface area contributed by atoms with Crippen LogP contribution in [0.1, 0.15) is 27.9 Å². The Hall–Kier alpha value is -3.21. The van der Waals surface area contributed by atoms with E-state index in [1.807, 2.05) is 6.92 Å². The van der Waals surface area contributed by atoms with E-state index in [2.05, 4.69) is 34.3 Å². The number of alkyl halides is 2. The molecular formula is C17H13F2N5O3S. The van der Waals surface area contributed by atoms with Crippen molar-refractivity contribution in [3.05, 3.63) is 40.7 Å². The summed E-state index contributed by atoms with van der Waals surface area (Å²) < 4.78 is 39.1. The molecule has 0 aliphatic carbocycles. The second kappa shape index (κ2) is 6.75. The first kappa shape index (κ1) is 18.2. The van der Waals surface area contributed by atoms with E-state index < -0.39 is 6.29 Å². The van der Waals surface area contributed by atoms with Gasteiger partial charge in [-0.15, -0.1) is 13.9 Å². The van der Waals surface area contributed by atoms with Gasteiger partial charge in [-0.3, -0.25) is 9.78 Å². The number of carbonyl (C=O) groups excluding carboxylic acids is 1. The summed E-state index contributed by atoms with van der Waals surface area (Å²) in [5.74, 6) is -0.230. The van der Waals surface area contributed by atoms with Gasteiger partial charge in [-0.2, -0.15) is 0 Å². The van der Waals surface area contributed by atoms with E-state index >= 15 is 0 Å². The molecule has 0 fully saturated rings. The fourth-order valence-corrected chi connectivity index (χ4v) is 3.34. The second-order valence-electron chi connectivity index (χ2n) is 5.92. The van der Waals surface area contributed by atoms with Gasteiger partial charge in [-0.05, 0) is 42.6 Å². The molecule has 144 valence electrons. The third-order valence-electron chi connectivity index (χ3n) is 4.01. The van der Waals surface area contributed by atoms with Crippen molar-refractivity contribution in [3.8, 4) is 22.8 Å². The third kappa shape index (κ3) is 3.36. The van der Waals surface area contributed by atoms with E-state index in [1.54, 1.807) is 6.92 Å². The number of nitrogens with zero attached hydrogens (tertiary/aromatic N) is 4. The molecule has 1 aliphatic heterocycles. The van der Waals surface area contributed by atoms with Crippen LogP contribution in [0, 0.1) is 6.92 Å². The Morgan fingerprint density at radius 2 is 1.96 bits per heavy atom. The summed E-state index contributed by atoms with van der Waals surface area (Å²) in [6.45, 7) is 3.61. The predicted octanol–water partition coefficient (Wildman–Crippen LogP) is 3.44. The van der Waals surface area contributed by atoms with Crippen molar-refractivity contribution in [2.75, 3.05) is 5.32 Å². The molecule has 3 aromatic rings. The van der Waals surface area contributed by atoms with Gasteiger partial charge >= 0.3 is 6.29 Å². The fraction of sp³-hybridized carbons (Fsp3) is 0.235. The summed E-state index contributed by atoms with van der Waals surface area (Å²) in [5, 5.41) is 6.53. The molecular weight excluding hydrogens is 392 g/mol. The standard InChI is InChI=1S/C17H13F2N5O3S/c1-3-10-15(28-24-23-10)16(25)22-14-7-20-11(6-21-14)9-5-13-12(4-8(9)2)26-17(18,19)27-13/h4-7H,3H2,1-2H3,(H,21,22,25). The number of anilines is 1. The van der Waals surface area contributed by atoms with Crippen LogP contribution in [0.4, 0.5) is 14.6 Å². The summed E-state index contributed by atoms with van der Waals surface area (Å²) in [7, 11) is 0. The molecule has 28 heavy (non-hydrogen) atoms. The van der Waals surface area contributed by atoms with Gasteiger partial charge < -0.3 is 14.8 Å². The van der Waals surface area contributed by atoms with Crippen molar-refractivity contribution in [2.45, 2.75) is 26.6 Å². The van der Waals surface area contributed by atoms with Gasteiger partial charge in [0.1, 0.15) is 4.88 Å². The highest BCUT2D eigenvalue weighted by atomic mass is 32.1. The lowest BCUT2D eigenvalue weighted by Gasteiger charge is -2.08. The number of aryl methyl sites for hydroxylation is 2. The van der Waals surface area contributed by atoms with Crippen LogP contribution in [0.15, 0.2) is 24.5 Å². The summed E-state index contributed by atoms with van der Waals surface area (Å²) >= 11 is 1.01. The Balaban J connectivity index is 1.55. The summed E-state index contributed by atoms with van der Waals surface area (Å²) in [5.41, 5.74) is 2.27. The van der Waals surface area contributed by atoms with Crippen molar-refractivity contribution in [3.63, 3.8) is 0 Å². The van der Waals surface area contributed by atoms with Crippen molar-refractivity contribution in [1.82, 2.24) is 19.6 Å². The molecule has 0 atom stereocenters. The van der Waals surface area contributed by atoms with Crippen molar-refractivity contribution in [1.29, 1.82) is 0 Å². The Kier molecular flexibility index (Phi) is 4.38. The smallest absolute Gasteiger partial charge is 0.395 e.